The lowest BCUT2D eigenvalue weighted by Gasteiger charge is -2.08. The standard InChI is InChI=1S/C11H14Br2N2O2/c1-17-5-4-14-7-11(16)15-10-3-2-8(12)6-9(10)13/h2-3,6,14H,4-5,7H2,1H3,(H,15,16). The number of methoxy groups -OCH3 is 1. The summed E-state index contributed by atoms with van der Waals surface area (Å²) in [6.45, 7) is 1.52. The number of nitrogens with one attached hydrogen (secondary N) is 2. The summed E-state index contributed by atoms with van der Waals surface area (Å²) in [5.74, 6) is -0.0795. The van der Waals surface area contributed by atoms with Gasteiger partial charge < -0.3 is 15.4 Å². The van der Waals surface area contributed by atoms with Crippen molar-refractivity contribution in [3.8, 4) is 0 Å². The molecule has 0 fully saturated rings. The van der Waals surface area contributed by atoms with Gasteiger partial charge in [0.1, 0.15) is 0 Å². The van der Waals surface area contributed by atoms with Crippen LogP contribution in [0.3, 0.4) is 0 Å². The SMILES string of the molecule is COCCNCC(=O)Nc1ccc(Br)cc1Br. The molecule has 0 aromatic heterocycles. The zero-order valence-electron chi connectivity index (χ0n) is 9.43. The molecule has 1 aromatic rings. The van der Waals surface area contributed by atoms with Crippen LogP contribution in [-0.4, -0.2) is 32.7 Å². The number of halogens is 2. The van der Waals surface area contributed by atoms with Gasteiger partial charge in [0.25, 0.3) is 0 Å². The third-order valence-corrected chi connectivity index (χ3v) is 3.12. The highest BCUT2D eigenvalue weighted by Crippen LogP contribution is 2.25. The fourth-order valence-electron chi connectivity index (χ4n) is 1.16. The van der Waals surface area contributed by atoms with Gasteiger partial charge in [-0.15, -0.1) is 0 Å². The molecule has 17 heavy (non-hydrogen) atoms. The molecular weight excluding hydrogens is 352 g/mol. The van der Waals surface area contributed by atoms with Crippen LogP contribution in [0.4, 0.5) is 5.69 Å². The van der Waals surface area contributed by atoms with E-state index >= 15 is 0 Å². The average Bonchev–Trinajstić information content (AvgIpc) is 2.28. The fourth-order valence-corrected chi connectivity index (χ4v) is 2.31. The van der Waals surface area contributed by atoms with Crippen molar-refractivity contribution >= 4 is 43.5 Å². The number of anilines is 1. The molecular formula is C11H14Br2N2O2. The van der Waals surface area contributed by atoms with E-state index in [1.54, 1.807) is 7.11 Å². The molecule has 0 aliphatic heterocycles. The third-order valence-electron chi connectivity index (χ3n) is 1.97. The summed E-state index contributed by atoms with van der Waals surface area (Å²) in [5, 5.41) is 5.78. The first-order valence-electron chi connectivity index (χ1n) is 5.08. The molecule has 0 atom stereocenters. The van der Waals surface area contributed by atoms with Crippen molar-refractivity contribution in [3.05, 3.63) is 27.1 Å². The van der Waals surface area contributed by atoms with Crippen molar-refractivity contribution < 1.29 is 9.53 Å². The summed E-state index contributed by atoms with van der Waals surface area (Å²) >= 11 is 6.74. The van der Waals surface area contributed by atoms with Crippen molar-refractivity contribution in [2.45, 2.75) is 0 Å². The number of hydrogen-bond donors (Lipinski definition) is 2. The van der Waals surface area contributed by atoms with Crippen molar-refractivity contribution in [1.82, 2.24) is 5.32 Å². The van der Waals surface area contributed by atoms with Crippen molar-refractivity contribution in [2.24, 2.45) is 0 Å². The van der Waals surface area contributed by atoms with E-state index in [4.69, 9.17) is 4.74 Å². The van der Waals surface area contributed by atoms with E-state index in [0.717, 1.165) is 14.6 Å². The molecule has 0 saturated heterocycles. The third kappa shape index (κ3) is 5.63. The number of hydrogen-bond acceptors (Lipinski definition) is 3. The van der Waals surface area contributed by atoms with Gasteiger partial charge >= 0.3 is 0 Å². The van der Waals surface area contributed by atoms with Crippen LogP contribution in [0.5, 0.6) is 0 Å². The summed E-state index contributed by atoms with van der Waals surface area (Å²) in [5.41, 5.74) is 0.756. The van der Waals surface area contributed by atoms with Gasteiger partial charge in [-0.3, -0.25) is 4.79 Å². The normalized spacial score (nSPS) is 10.3. The second-order valence-electron chi connectivity index (χ2n) is 3.34. The average molecular weight is 366 g/mol. The Morgan fingerprint density at radius 3 is 2.82 bits per heavy atom. The summed E-state index contributed by atoms with van der Waals surface area (Å²) in [4.78, 5) is 11.6. The molecule has 4 nitrogen and oxygen atoms in total. The lowest BCUT2D eigenvalue weighted by atomic mass is 10.3. The van der Waals surface area contributed by atoms with Gasteiger partial charge in [0, 0.05) is 22.6 Å². The quantitative estimate of drug-likeness (QED) is 0.761. The van der Waals surface area contributed by atoms with E-state index in [-0.39, 0.29) is 12.5 Å². The lowest BCUT2D eigenvalue weighted by molar-refractivity contribution is -0.115. The maximum absolute atomic E-state index is 11.6. The van der Waals surface area contributed by atoms with Crippen LogP contribution in [0.25, 0.3) is 0 Å². The zero-order valence-corrected chi connectivity index (χ0v) is 12.6. The molecule has 0 bridgehead atoms. The largest absolute Gasteiger partial charge is 0.383 e. The van der Waals surface area contributed by atoms with Gasteiger partial charge in [-0.1, -0.05) is 15.9 Å². The van der Waals surface area contributed by atoms with Crippen molar-refractivity contribution in [1.29, 1.82) is 0 Å². The molecule has 0 spiro atoms. The Labute approximate surface area is 117 Å². The molecule has 0 unspecified atom stereocenters. The Kier molecular flexibility index (Phi) is 6.72. The predicted molar refractivity (Wildman–Crippen MR) is 75.2 cm³/mol. The van der Waals surface area contributed by atoms with E-state index in [9.17, 15) is 4.79 Å². The number of ether oxygens (including phenoxy) is 1. The maximum Gasteiger partial charge on any atom is 0.238 e. The first-order chi connectivity index (χ1) is 8.13. The minimum Gasteiger partial charge on any atom is -0.383 e. The summed E-state index contributed by atoms with van der Waals surface area (Å²) in [6.07, 6.45) is 0. The number of carbonyl (C=O) groups is 1. The van der Waals surface area contributed by atoms with Crippen LogP contribution in [-0.2, 0) is 9.53 Å². The number of rotatable bonds is 6. The first kappa shape index (κ1) is 14.6. The summed E-state index contributed by atoms with van der Waals surface area (Å²) < 4.78 is 6.67. The van der Waals surface area contributed by atoms with Crippen LogP contribution >= 0.6 is 31.9 Å². The Balaban J connectivity index is 2.40. The van der Waals surface area contributed by atoms with Crippen LogP contribution in [0.15, 0.2) is 27.1 Å². The molecule has 1 aromatic carbocycles. The molecule has 0 radical (unpaired) electrons. The molecule has 2 N–H and O–H groups in total. The molecule has 0 aliphatic rings. The highest BCUT2D eigenvalue weighted by atomic mass is 79.9. The molecule has 0 saturated carbocycles. The number of carbonyl (C=O) groups excluding carboxylic acids is 1. The van der Waals surface area contributed by atoms with E-state index in [2.05, 4.69) is 42.5 Å². The Morgan fingerprint density at radius 2 is 2.18 bits per heavy atom. The summed E-state index contributed by atoms with van der Waals surface area (Å²) in [6, 6.07) is 5.59. The van der Waals surface area contributed by atoms with Gasteiger partial charge in [0.2, 0.25) is 5.91 Å². The molecule has 0 aliphatic carbocycles. The molecule has 1 rings (SSSR count). The lowest BCUT2D eigenvalue weighted by Crippen LogP contribution is -2.30. The Morgan fingerprint density at radius 1 is 1.41 bits per heavy atom. The van der Waals surface area contributed by atoms with Crippen molar-refractivity contribution in [2.75, 3.05) is 32.1 Å². The minimum atomic E-state index is -0.0795. The fraction of sp³-hybridized carbons (Fsp3) is 0.364. The highest BCUT2D eigenvalue weighted by Gasteiger charge is 2.05. The minimum absolute atomic E-state index is 0.0795. The summed E-state index contributed by atoms with van der Waals surface area (Å²) in [7, 11) is 1.63. The molecule has 0 heterocycles. The molecule has 1 amide bonds. The van der Waals surface area contributed by atoms with E-state index in [1.165, 1.54) is 0 Å². The smallest absolute Gasteiger partial charge is 0.238 e. The first-order valence-corrected chi connectivity index (χ1v) is 6.66. The zero-order chi connectivity index (χ0) is 12.7. The highest BCUT2D eigenvalue weighted by molar-refractivity contribution is 9.11. The van der Waals surface area contributed by atoms with Gasteiger partial charge in [0.15, 0.2) is 0 Å². The van der Waals surface area contributed by atoms with Gasteiger partial charge in [0.05, 0.1) is 18.8 Å². The Hall–Kier alpha value is -0.430. The van der Waals surface area contributed by atoms with E-state index in [0.29, 0.717) is 13.2 Å². The topological polar surface area (TPSA) is 50.4 Å². The van der Waals surface area contributed by atoms with Crippen LogP contribution in [0.2, 0.25) is 0 Å². The van der Waals surface area contributed by atoms with E-state index in [1.807, 2.05) is 18.2 Å². The Bertz CT molecular complexity index is 386. The van der Waals surface area contributed by atoms with Crippen molar-refractivity contribution in [3.63, 3.8) is 0 Å². The predicted octanol–water partition coefficient (Wildman–Crippen LogP) is 2.39. The van der Waals surface area contributed by atoms with Crippen LogP contribution in [0.1, 0.15) is 0 Å². The van der Waals surface area contributed by atoms with Gasteiger partial charge in [-0.05, 0) is 34.1 Å². The monoisotopic (exact) mass is 364 g/mol. The van der Waals surface area contributed by atoms with E-state index < -0.39 is 0 Å². The van der Waals surface area contributed by atoms with Crippen LogP contribution < -0.4 is 10.6 Å². The van der Waals surface area contributed by atoms with Gasteiger partial charge in [-0.2, -0.15) is 0 Å². The molecule has 94 valence electrons. The van der Waals surface area contributed by atoms with Gasteiger partial charge in [-0.25, -0.2) is 0 Å². The maximum atomic E-state index is 11.6. The van der Waals surface area contributed by atoms with Crippen LogP contribution in [0, 0.1) is 0 Å². The second kappa shape index (κ2) is 7.81. The molecule has 6 heteroatoms. The second-order valence-corrected chi connectivity index (χ2v) is 5.11. The number of benzene rings is 1. The number of amides is 1.